The lowest BCUT2D eigenvalue weighted by molar-refractivity contribution is -0.139. The predicted molar refractivity (Wildman–Crippen MR) is 152 cm³/mol. The summed E-state index contributed by atoms with van der Waals surface area (Å²) in [6, 6.07) is 27.8. The number of carbonyl (C=O) groups is 2. The molecule has 1 aliphatic carbocycles. The van der Waals surface area contributed by atoms with Crippen LogP contribution in [0.15, 0.2) is 89.4 Å². The van der Waals surface area contributed by atoms with Crippen molar-refractivity contribution in [3.05, 3.63) is 106 Å². The highest BCUT2D eigenvalue weighted by molar-refractivity contribution is 9.10. The summed E-state index contributed by atoms with van der Waals surface area (Å²) in [7, 11) is 0. The van der Waals surface area contributed by atoms with Crippen molar-refractivity contribution in [2.24, 2.45) is 0 Å². The van der Waals surface area contributed by atoms with Gasteiger partial charge in [0.1, 0.15) is 6.04 Å². The Morgan fingerprint density at radius 1 is 0.861 bits per heavy atom. The smallest absolute Gasteiger partial charge is 0.243 e. The van der Waals surface area contributed by atoms with E-state index in [2.05, 4.69) is 33.4 Å². The zero-order valence-electron chi connectivity index (χ0n) is 20.4. The van der Waals surface area contributed by atoms with Crippen LogP contribution in [0.4, 0.5) is 0 Å². The summed E-state index contributed by atoms with van der Waals surface area (Å²) in [5.74, 6) is 1.01. The number of halogens is 1. The molecule has 1 aliphatic rings. The van der Waals surface area contributed by atoms with Crippen molar-refractivity contribution < 1.29 is 9.59 Å². The SMILES string of the molecule is O=C(NC1CCCC1)C(Cc1ccccc1)N(Cc1ccccc1)C(=O)CSCc1ccc(Br)cc1. The summed E-state index contributed by atoms with van der Waals surface area (Å²) in [6.07, 6.45) is 4.82. The maximum absolute atomic E-state index is 13.7. The molecule has 3 aromatic carbocycles. The molecule has 4 rings (SSSR count). The van der Waals surface area contributed by atoms with E-state index in [0.717, 1.165) is 47.0 Å². The monoisotopic (exact) mass is 564 g/mol. The molecule has 188 valence electrons. The van der Waals surface area contributed by atoms with Crippen LogP contribution in [0.3, 0.4) is 0 Å². The molecule has 2 amide bonds. The third-order valence-corrected chi connectivity index (χ3v) is 8.09. The average molecular weight is 566 g/mol. The van der Waals surface area contributed by atoms with Gasteiger partial charge >= 0.3 is 0 Å². The van der Waals surface area contributed by atoms with Crippen molar-refractivity contribution in [3.8, 4) is 0 Å². The van der Waals surface area contributed by atoms with E-state index in [1.165, 1.54) is 5.56 Å². The number of rotatable bonds is 11. The second-order valence-corrected chi connectivity index (χ2v) is 11.2. The minimum atomic E-state index is -0.561. The van der Waals surface area contributed by atoms with Gasteiger partial charge in [0.2, 0.25) is 11.8 Å². The highest BCUT2D eigenvalue weighted by Crippen LogP contribution is 2.22. The van der Waals surface area contributed by atoms with Crippen LogP contribution in [-0.4, -0.2) is 34.6 Å². The van der Waals surface area contributed by atoms with E-state index < -0.39 is 6.04 Å². The largest absolute Gasteiger partial charge is 0.352 e. The molecule has 1 atom stereocenters. The molecule has 0 radical (unpaired) electrons. The number of carbonyl (C=O) groups excluding carboxylic acids is 2. The van der Waals surface area contributed by atoms with Crippen molar-refractivity contribution in [2.45, 2.75) is 56.5 Å². The first kappa shape index (κ1) is 26.5. The number of thioether (sulfide) groups is 1. The van der Waals surface area contributed by atoms with E-state index in [-0.39, 0.29) is 17.9 Å². The molecule has 0 spiro atoms. The van der Waals surface area contributed by atoms with Crippen molar-refractivity contribution in [1.82, 2.24) is 10.2 Å². The molecule has 0 bridgehead atoms. The Kier molecular flexibility index (Phi) is 10.1. The molecular weight excluding hydrogens is 532 g/mol. The zero-order valence-corrected chi connectivity index (χ0v) is 22.8. The van der Waals surface area contributed by atoms with Crippen LogP contribution in [0, 0.1) is 0 Å². The van der Waals surface area contributed by atoms with Crippen LogP contribution in [0.1, 0.15) is 42.4 Å². The van der Waals surface area contributed by atoms with E-state index in [1.807, 2.05) is 72.8 Å². The third kappa shape index (κ3) is 7.97. The van der Waals surface area contributed by atoms with Gasteiger partial charge in [-0.2, -0.15) is 0 Å². The maximum Gasteiger partial charge on any atom is 0.243 e. The van der Waals surface area contributed by atoms with Gasteiger partial charge in [-0.15, -0.1) is 11.8 Å². The standard InChI is InChI=1S/C30H33BrN2O2S/c31-26-17-15-25(16-18-26)21-36-22-29(34)33(20-24-11-5-2-6-12-24)28(19-23-9-3-1-4-10-23)30(35)32-27-13-7-8-14-27/h1-6,9-12,15-18,27-28H,7-8,13-14,19-22H2,(H,32,35). The van der Waals surface area contributed by atoms with Gasteiger partial charge in [-0.05, 0) is 41.7 Å². The van der Waals surface area contributed by atoms with E-state index in [9.17, 15) is 9.59 Å². The topological polar surface area (TPSA) is 49.4 Å². The van der Waals surface area contributed by atoms with Crippen molar-refractivity contribution in [2.75, 3.05) is 5.75 Å². The fourth-order valence-corrected chi connectivity index (χ4v) is 5.76. The molecule has 1 saturated carbocycles. The average Bonchev–Trinajstić information content (AvgIpc) is 3.41. The van der Waals surface area contributed by atoms with Gasteiger partial charge in [-0.1, -0.05) is 102 Å². The number of nitrogens with zero attached hydrogens (tertiary/aromatic N) is 1. The maximum atomic E-state index is 13.7. The number of nitrogens with one attached hydrogen (secondary N) is 1. The normalized spacial score (nSPS) is 14.4. The highest BCUT2D eigenvalue weighted by atomic mass is 79.9. The van der Waals surface area contributed by atoms with E-state index in [4.69, 9.17) is 0 Å². The molecule has 1 fully saturated rings. The first-order valence-electron chi connectivity index (χ1n) is 12.6. The number of benzene rings is 3. The van der Waals surface area contributed by atoms with Crippen LogP contribution in [0.5, 0.6) is 0 Å². The molecule has 36 heavy (non-hydrogen) atoms. The Morgan fingerprint density at radius 2 is 1.47 bits per heavy atom. The van der Waals surface area contributed by atoms with Crippen molar-refractivity contribution >= 4 is 39.5 Å². The first-order valence-corrected chi connectivity index (χ1v) is 14.5. The Hall–Kier alpha value is -2.57. The Balaban J connectivity index is 1.53. The lowest BCUT2D eigenvalue weighted by atomic mass is 10.0. The molecule has 4 nitrogen and oxygen atoms in total. The van der Waals surface area contributed by atoms with E-state index >= 15 is 0 Å². The lowest BCUT2D eigenvalue weighted by Gasteiger charge is -2.32. The quantitative estimate of drug-likeness (QED) is 0.294. The van der Waals surface area contributed by atoms with Gasteiger partial charge in [-0.3, -0.25) is 9.59 Å². The van der Waals surface area contributed by atoms with E-state index in [1.54, 1.807) is 16.7 Å². The van der Waals surface area contributed by atoms with Crippen LogP contribution in [-0.2, 0) is 28.3 Å². The highest BCUT2D eigenvalue weighted by Gasteiger charge is 2.32. The van der Waals surface area contributed by atoms with Crippen LogP contribution in [0.25, 0.3) is 0 Å². The lowest BCUT2D eigenvalue weighted by Crippen LogP contribution is -2.52. The summed E-state index contributed by atoms with van der Waals surface area (Å²) in [6.45, 7) is 0.411. The Labute approximate surface area is 227 Å². The minimum Gasteiger partial charge on any atom is -0.352 e. The molecule has 0 aromatic heterocycles. The molecule has 0 aliphatic heterocycles. The van der Waals surface area contributed by atoms with Crippen LogP contribution >= 0.6 is 27.7 Å². The molecule has 6 heteroatoms. The minimum absolute atomic E-state index is 0.0107. The summed E-state index contributed by atoms with van der Waals surface area (Å²) < 4.78 is 1.04. The van der Waals surface area contributed by atoms with Crippen molar-refractivity contribution in [3.63, 3.8) is 0 Å². The first-order chi connectivity index (χ1) is 17.6. The Bertz CT molecular complexity index is 1100. The van der Waals surface area contributed by atoms with Gasteiger partial charge < -0.3 is 10.2 Å². The van der Waals surface area contributed by atoms with Crippen LogP contribution < -0.4 is 5.32 Å². The number of hydrogen-bond donors (Lipinski definition) is 1. The van der Waals surface area contributed by atoms with Gasteiger partial charge in [0.15, 0.2) is 0 Å². The number of hydrogen-bond acceptors (Lipinski definition) is 3. The van der Waals surface area contributed by atoms with E-state index in [0.29, 0.717) is 18.7 Å². The second-order valence-electron chi connectivity index (χ2n) is 9.32. The van der Waals surface area contributed by atoms with Gasteiger partial charge in [-0.25, -0.2) is 0 Å². The van der Waals surface area contributed by atoms with Crippen LogP contribution in [0.2, 0.25) is 0 Å². The zero-order chi connectivity index (χ0) is 25.2. The summed E-state index contributed by atoms with van der Waals surface area (Å²) in [4.78, 5) is 29.1. The molecule has 1 N–H and O–H groups in total. The number of amides is 2. The van der Waals surface area contributed by atoms with Gasteiger partial charge in [0.25, 0.3) is 0 Å². The van der Waals surface area contributed by atoms with Gasteiger partial charge in [0.05, 0.1) is 5.75 Å². The molecule has 1 unspecified atom stereocenters. The second kappa shape index (κ2) is 13.7. The fourth-order valence-electron chi connectivity index (χ4n) is 4.62. The molecule has 0 saturated heterocycles. The van der Waals surface area contributed by atoms with Crippen molar-refractivity contribution in [1.29, 1.82) is 0 Å². The molecule has 0 heterocycles. The Morgan fingerprint density at radius 3 is 2.11 bits per heavy atom. The molecular formula is C30H33BrN2O2S. The molecule has 3 aromatic rings. The predicted octanol–water partition coefficient (Wildman–Crippen LogP) is 6.38. The third-order valence-electron chi connectivity index (χ3n) is 6.58. The fraction of sp³-hybridized carbons (Fsp3) is 0.333. The van der Waals surface area contributed by atoms with Gasteiger partial charge in [0, 0.05) is 29.2 Å². The summed E-state index contributed by atoms with van der Waals surface area (Å²) in [5, 5.41) is 3.26. The summed E-state index contributed by atoms with van der Waals surface area (Å²) >= 11 is 5.06. The summed E-state index contributed by atoms with van der Waals surface area (Å²) in [5.41, 5.74) is 3.25.